The lowest BCUT2D eigenvalue weighted by molar-refractivity contribution is -0.121. The second-order valence-electron chi connectivity index (χ2n) is 7.84. The van der Waals surface area contributed by atoms with E-state index in [2.05, 4.69) is 54.4 Å². The topological polar surface area (TPSA) is 60.0 Å². The number of piperidine rings is 1. The maximum atomic E-state index is 11.6. The van der Waals surface area contributed by atoms with Gasteiger partial charge in [0.2, 0.25) is 5.91 Å². The Hall–Kier alpha value is -1.82. The molecular weight excluding hydrogens is 350 g/mol. The Morgan fingerprint density at radius 2 is 1.86 bits per heavy atom. The van der Waals surface area contributed by atoms with Crippen molar-refractivity contribution in [3.63, 3.8) is 0 Å². The number of hydrogen-bond donors (Lipinski definition) is 2. The summed E-state index contributed by atoms with van der Waals surface area (Å²) in [5.41, 5.74) is 0. The Balaban J connectivity index is 2.77. The van der Waals surface area contributed by atoms with Gasteiger partial charge in [-0.15, -0.1) is 13.2 Å². The molecule has 1 saturated heterocycles. The van der Waals surface area contributed by atoms with Crippen LogP contribution in [0.1, 0.15) is 40.0 Å². The van der Waals surface area contributed by atoms with Gasteiger partial charge in [-0.25, -0.2) is 0 Å². The summed E-state index contributed by atoms with van der Waals surface area (Å²) in [6.07, 6.45) is 6.59. The second kappa shape index (κ2) is 13.4. The zero-order valence-electron chi connectivity index (χ0n) is 18.4. The third kappa shape index (κ3) is 8.05. The molecule has 1 rings (SSSR count). The van der Waals surface area contributed by atoms with Crippen molar-refractivity contribution >= 4 is 11.9 Å². The van der Waals surface area contributed by atoms with E-state index in [0.717, 1.165) is 58.1 Å². The van der Waals surface area contributed by atoms with Crippen molar-refractivity contribution in [3.8, 4) is 0 Å². The summed E-state index contributed by atoms with van der Waals surface area (Å²) in [7, 11) is 1.71. The number of aliphatic imine (C=N–C) groups is 1. The number of nitrogens with zero attached hydrogens (tertiary/aromatic N) is 3. The van der Waals surface area contributed by atoms with Crippen LogP contribution in [0.5, 0.6) is 0 Å². The van der Waals surface area contributed by atoms with E-state index < -0.39 is 0 Å². The standard InChI is InChI=1S/C22H41N5O/c1-7-12-26(13-8-2)20(18(4)5)17-25-22(24-9-3)27-14-10-19(11-15-27)16-21(28)23-6/h7-8,18-20H,1-2,9-17H2,3-6H3,(H,23,28)(H,24,25). The summed E-state index contributed by atoms with van der Waals surface area (Å²) >= 11 is 0. The Labute approximate surface area is 172 Å². The fourth-order valence-electron chi connectivity index (χ4n) is 3.74. The fraction of sp³-hybridized carbons (Fsp3) is 0.727. The zero-order valence-corrected chi connectivity index (χ0v) is 18.4. The van der Waals surface area contributed by atoms with Gasteiger partial charge in [-0.05, 0) is 31.6 Å². The molecule has 0 aromatic carbocycles. The first kappa shape index (κ1) is 24.2. The highest BCUT2D eigenvalue weighted by atomic mass is 16.1. The first-order valence-electron chi connectivity index (χ1n) is 10.7. The van der Waals surface area contributed by atoms with Crippen molar-refractivity contribution in [1.29, 1.82) is 0 Å². The summed E-state index contributed by atoms with van der Waals surface area (Å²) in [5, 5.41) is 6.19. The lowest BCUT2D eigenvalue weighted by Crippen LogP contribution is -2.47. The van der Waals surface area contributed by atoms with E-state index in [4.69, 9.17) is 4.99 Å². The molecule has 160 valence electrons. The van der Waals surface area contributed by atoms with E-state index in [1.165, 1.54) is 0 Å². The molecule has 1 unspecified atom stereocenters. The van der Waals surface area contributed by atoms with Crippen LogP contribution < -0.4 is 10.6 Å². The molecule has 0 aromatic rings. The van der Waals surface area contributed by atoms with Crippen LogP contribution in [0, 0.1) is 11.8 Å². The molecule has 0 bridgehead atoms. The van der Waals surface area contributed by atoms with Gasteiger partial charge in [0, 0.05) is 52.2 Å². The quantitative estimate of drug-likeness (QED) is 0.323. The number of amides is 1. The van der Waals surface area contributed by atoms with Crippen LogP contribution in [0.25, 0.3) is 0 Å². The molecule has 1 amide bonds. The number of hydrogen-bond acceptors (Lipinski definition) is 3. The van der Waals surface area contributed by atoms with Gasteiger partial charge in [0.05, 0.1) is 6.54 Å². The summed E-state index contributed by atoms with van der Waals surface area (Å²) in [6.45, 7) is 19.6. The molecule has 0 spiro atoms. The van der Waals surface area contributed by atoms with Gasteiger partial charge in [-0.1, -0.05) is 26.0 Å². The number of carbonyl (C=O) groups is 1. The highest BCUT2D eigenvalue weighted by Gasteiger charge is 2.24. The minimum Gasteiger partial charge on any atom is -0.359 e. The summed E-state index contributed by atoms with van der Waals surface area (Å²) in [6, 6.07) is 0.343. The smallest absolute Gasteiger partial charge is 0.220 e. The molecule has 1 fully saturated rings. The molecule has 1 aliphatic heterocycles. The Morgan fingerprint density at radius 3 is 2.32 bits per heavy atom. The molecule has 0 radical (unpaired) electrons. The third-order valence-electron chi connectivity index (χ3n) is 5.40. The highest BCUT2D eigenvalue weighted by molar-refractivity contribution is 5.80. The van der Waals surface area contributed by atoms with Crippen molar-refractivity contribution in [1.82, 2.24) is 20.4 Å². The normalized spacial score (nSPS) is 16.9. The van der Waals surface area contributed by atoms with E-state index in [9.17, 15) is 4.79 Å². The molecular formula is C22H41N5O. The van der Waals surface area contributed by atoms with Crippen molar-refractivity contribution < 1.29 is 4.79 Å². The number of carbonyl (C=O) groups excluding carboxylic acids is 1. The lowest BCUT2D eigenvalue weighted by atomic mass is 9.93. The van der Waals surface area contributed by atoms with Crippen LogP contribution in [0.2, 0.25) is 0 Å². The molecule has 1 heterocycles. The van der Waals surface area contributed by atoms with E-state index in [1.54, 1.807) is 7.05 Å². The van der Waals surface area contributed by atoms with Gasteiger partial charge < -0.3 is 15.5 Å². The molecule has 0 aromatic heterocycles. The molecule has 0 saturated carbocycles. The van der Waals surface area contributed by atoms with Gasteiger partial charge in [0.15, 0.2) is 5.96 Å². The number of guanidine groups is 1. The molecule has 6 heteroatoms. The first-order chi connectivity index (χ1) is 13.5. The molecule has 1 atom stereocenters. The maximum Gasteiger partial charge on any atom is 0.220 e. The molecule has 6 nitrogen and oxygen atoms in total. The first-order valence-corrected chi connectivity index (χ1v) is 10.7. The Bertz CT molecular complexity index is 499. The van der Waals surface area contributed by atoms with E-state index in [-0.39, 0.29) is 5.91 Å². The average molecular weight is 392 g/mol. The van der Waals surface area contributed by atoms with Crippen LogP contribution >= 0.6 is 0 Å². The van der Waals surface area contributed by atoms with Gasteiger partial charge in [-0.2, -0.15) is 0 Å². The van der Waals surface area contributed by atoms with Gasteiger partial charge in [0.1, 0.15) is 0 Å². The van der Waals surface area contributed by atoms with Gasteiger partial charge in [-0.3, -0.25) is 14.7 Å². The third-order valence-corrected chi connectivity index (χ3v) is 5.40. The lowest BCUT2D eigenvalue weighted by Gasteiger charge is -2.35. The molecule has 0 aliphatic carbocycles. The average Bonchev–Trinajstić information content (AvgIpc) is 2.68. The Morgan fingerprint density at radius 1 is 1.25 bits per heavy atom. The maximum absolute atomic E-state index is 11.6. The van der Waals surface area contributed by atoms with Crippen molar-refractivity contribution in [2.75, 3.05) is 46.3 Å². The molecule has 28 heavy (non-hydrogen) atoms. The Kier molecular flexibility index (Phi) is 11.6. The van der Waals surface area contributed by atoms with E-state index in [0.29, 0.717) is 24.3 Å². The van der Waals surface area contributed by atoms with Gasteiger partial charge in [0.25, 0.3) is 0 Å². The van der Waals surface area contributed by atoms with Crippen molar-refractivity contribution in [3.05, 3.63) is 25.3 Å². The van der Waals surface area contributed by atoms with Crippen LogP contribution in [-0.2, 0) is 4.79 Å². The minimum atomic E-state index is 0.142. The predicted octanol–water partition coefficient (Wildman–Crippen LogP) is 2.50. The molecule has 1 aliphatic rings. The highest BCUT2D eigenvalue weighted by Crippen LogP contribution is 2.20. The van der Waals surface area contributed by atoms with E-state index >= 15 is 0 Å². The second-order valence-corrected chi connectivity index (χ2v) is 7.84. The minimum absolute atomic E-state index is 0.142. The molecule has 2 N–H and O–H groups in total. The largest absolute Gasteiger partial charge is 0.359 e. The SMILES string of the molecule is C=CCN(CC=C)C(CN=C(NCC)N1CCC(CC(=O)NC)CC1)C(C)C. The van der Waals surface area contributed by atoms with E-state index in [1.807, 2.05) is 12.2 Å². The van der Waals surface area contributed by atoms with Crippen molar-refractivity contribution in [2.24, 2.45) is 16.8 Å². The summed E-state index contributed by atoms with van der Waals surface area (Å²) < 4.78 is 0. The summed E-state index contributed by atoms with van der Waals surface area (Å²) in [4.78, 5) is 21.3. The number of nitrogens with one attached hydrogen (secondary N) is 2. The zero-order chi connectivity index (χ0) is 20.9. The van der Waals surface area contributed by atoms with Crippen LogP contribution in [0.3, 0.4) is 0 Å². The van der Waals surface area contributed by atoms with Crippen molar-refractivity contribution in [2.45, 2.75) is 46.1 Å². The predicted molar refractivity (Wildman–Crippen MR) is 120 cm³/mol. The van der Waals surface area contributed by atoms with Crippen LogP contribution in [-0.4, -0.2) is 74.0 Å². The number of likely N-dealkylation sites (tertiary alicyclic amines) is 1. The van der Waals surface area contributed by atoms with Crippen LogP contribution in [0.15, 0.2) is 30.3 Å². The fourth-order valence-corrected chi connectivity index (χ4v) is 3.74. The number of rotatable bonds is 11. The summed E-state index contributed by atoms with van der Waals surface area (Å²) in [5.74, 6) is 2.09. The van der Waals surface area contributed by atoms with Gasteiger partial charge >= 0.3 is 0 Å². The van der Waals surface area contributed by atoms with Crippen LogP contribution in [0.4, 0.5) is 0 Å². The monoisotopic (exact) mass is 391 g/mol.